The molecule has 0 aliphatic carbocycles. The van der Waals surface area contributed by atoms with Gasteiger partial charge in [0.1, 0.15) is 23.0 Å². The van der Waals surface area contributed by atoms with Crippen LogP contribution in [-0.4, -0.2) is 84.7 Å². The third-order valence-corrected chi connectivity index (χ3v) is 7.63. The van der Waals surface area contributed by atoms with Gasteiger partial charge in [-0.3, -0.25) is 0 Å². The van der Waals surface area contributed by atoms with Crippen LogP contribution < -0.4 is 0 Å². The number of carboxylic acids is 4. The van der Waals surface area contributed by atoms with Gasteiger partial charge in [-0.1, -0.05) is 72.8 Å². The van der Waals surface area contributed by atoms with Gasteiger partial charge >= 0.3 is 23.9 Å². The molecule has 0 bridgehead atoms. The molecule has 8 rings (SSSR count). The number of hydrogen-bond acceptors (Lipinski definition) is 12. The molecule has 17 heteroatoms. The summed E-state index contributed by atoms with van der Waals surface area (Å²) in [7, 11) is 0. The number of aromatic nitrogens is 4. The summed E-state index contributed by atoms with van der Waals surface area (Å²) in [5.74, 6) is -6.15. The Kier molecular flexibility index (Phi) is 13.8. The predicted molar refractivity (Wildman–Crippen MR) is 201 cm³/mol. The average molecular weight is 848 g/mol. The Balaban J connectivity index is 0.000000167. The van der Waals surface area contributed by atoms with E-state index in [1.54, 1.807) is 97.1 Å². The largest absolute Gasteiger partial charge is 0.505 e. The Morgan fingerprint density at radius 1 is 0.333 bits per heavy atom. The summed E-state index contributed by atoms with van der Waals surface area (Å²) in [6.07, 6.45) is 0. The molecule has 0 atom stereocenters. The number of aromatic hydroxyl groups is 4. The molecule has 0 aliphatic rings. The molecule has 4 heterocycles. The van der Waals surface area contributed by atoms with Crippen molar-refractivity contribution < 1.29 is 86.2 Å². The number of carboxylic acid groups (broad SMARTS) is 4. The van der Waals surface area contributed by atoms with E-state index in [4.69, 9.17) is 20.4 Å². The van der Waals surface area contributed by atoms with E-state index in [0.717, 1.165) is 21.5 Å². The van der Waals surface area contributed by atoms with E-state index in [-0.39, 0.29) is 72.0 Å². The molecule has 0 aliphatic heterocycles. The van der Waals surface area contributed by atoms with E-state index < -0.39 is 23.9 Å². The summed E-state index contributed by atoms with van der Waals surface area (Å²) in [6, 6.07) is 33.6. The molecule has 16 nitrogen and oxygen atoms in total. The number of rotatable bonds is 4. The molecule has 0 fully saturated rings. The molecular formula is C40H28N4O12Zr. The van der Waals surface area contributed by atoms with Gasteiger partial charge in [0.15, 0.2) is 22.8 Å². The van der Waals surface area contributed by atoms with Gasteiger partial charge in [0.05, 0.1) is 22.1 Å². The van der Waals surface area contributed by atoms with Gasteiger partial charge in [-0.15, -0.1) is 0 Å². The molecule has 0 amide bonds. The summed E-state index contributed by atoms with van der Waals surface area (Å²) >= 11 is 0. The maximum atomic E-state index is 10.6. The van der Waals surface area contributed by atoms with Crippen LogP contribution in [0.3, 0.4) is 0 Å². The van der Waals surface area contributed by atoms with Crippen molar-refractivity contribution in [2.45, 2.75) is 0 Å². The first-order valence-corrected chi connectivity index (χ1v) is 16.0. The van der Waals surface area contributed by atoms with E-state index >= 15 is 0 Å². The summed E-state index contributed by atoms with van der Waals surface area (Å²) in [5, 5.41) is 75.0. The average Bonchev–Trinajstić information content (AvgIpc) is 3.17. The SMILES string of the molecule is O=C(O)c1nc2ccccc2cc1O.O=C(O)c1nc2ccccc2cc1O.O=C(O)c1nc2ccccc2cc1O.O=C(O)c1nc2ccccc2cc1O.[Zr]. The first-order chi connectivity index (χ1) is 26.7. The van der Waals surface area contributed by atoms with Gasteiger partial charge in [-0.2, -0.15) is 0 Å². The summed E-state index contributed by atoms with van der Waals surface area (Å²) in [6.45, 7) is 0. The fraction of sp³-hybridized carbons (Fsp3) is 0. The number of para-hydroxylation sites is 4. The van der Waals surface area contributed by atoms with Crippen LogP contribution >= 0.6 is 0 Å². The Bertz CT molecular complexity index is 2420. The summed E-state index contributed by atoms with van der Waals surface area (Å²) in [5.41, 5.74) is 0.968. The van der Waals surface area contributed by atoms with Gasteiger partial charge < -0.3 is 40.9 Å². The van der Waals surface area contributed by atoms with Crippen molar-refractivity contribution in [3.8, 4) is 23.0 Å². The first kappa shape index (κ1) is 42.2. The Morgan fingerprint density at radius 2 is 0.509 bits per heavy atom. The molecule has 0 saturated carbocycles. The van der Waals surface area contributed by atoms with Crippen LogP contribution in [0, 0.1) is 0 Å². The monoisotopic (exact) mass is 846 g/mol. The number of pyridine rings is 4. The number of aromatic carboxylic acids is 4. The Morgan fingerprint density at radius 3 is 0.684 bits per heavy atom. The second-order valence-electron chi connectivity index (χ2n) is 11.4. The first-order valence-electron chi connectivity index (χ1n) is 16.0. The second-order valence-corrected chi connectivity index (χ2v) is 11.4. The van der Waals surface area contributed by atoms with Crippen molar-refractivity contribution in [1.29, 1.82) is 0 Å². The standard InChI is InChI=1S/4C10H7NO3.Zr/c4*12-8-5-6-3-1-2-4-7(6)11-9(8)10(13)14;/h4*1-5,12H,(H,13,14);. The minimum Gasteiger partial charge on any atom is -0.505 e. The predicted octanol–water partition coefficient (Wildman–Crippen LogP) is 6.55. The van der Waals surface area contributed by atoms with Gasteiger partial charge in [-0.25, -0.2) is 39.1 Å². The smallest absolute Gasteiger partial charge is 0.358 e. The number of benzene rings is 4. The van der Waals surface area contributed by atoms with Crippen molar-refractivity contribution in [2.75, 3.05) is 0 Å². The minimum absolute atomic E-state index is 0. The van der Waals surface area contributed by atoms with Crippen LogP contribution in [-0.2, 0) is 26.2 Å². The molecule has 0 radical (unpaired) electrons. The quantitative estimate of drug-likeness (QED) is 0.0932. The van der Waals surface area contributed by atoms with Gasteiger partial charge in [0.25, 0.3) is 0 Å². The maximum absolute atomic E-state index is 10.6. The minimum atomic E-state index is -1.23. The van der Waals surface area contributed by atoms with Crippen LogP contribution in [0.25, 0.3) is 43.6 Å². The van der Waals surface area contributed by atoms with E-state index in [1.807, 2.05) is 0 Å². The topological polar surface area (TPSA) is 282 Å². The maximum Gasteiger partial charge on any atom is 0.358 e. The Hall–Kier alpha value is -7.52. The molecule has 8 aromatic rings. The summed E-state index contributed by atoms with van der Waals surface area (Å²) in [4.78, 5) is 57.9. The number of hydrogen-bond donors (Lipinski definition) is 8. The molecule has 0 spiro atoms. The molecule has 57 heavy (non-hydrogen) atoms. The number of nitrogens with zero attached hydrogens (tertiary/aromatic N) is 4. The third kappa shape index (κ3) is 10.4. The molecule has 0 unspecified atom stereocenters. The van der Waals surface area contributed by atoms with Crippen molar-refractivity contribution in [1.82, 2.24) is 19.9 Å². The van der Waals surface area contributed by atoms with Gasteiger partial charge in [0, 0.05) is 47.7 Å². The van der Waals surface area contributed by atoms with Crippen LogP contribution in [0.5, 0.6) is 23.0 Å². The van der Waals surface area contributed by atoms with E-state index in [0.29, 0.717) is 22.1 Å². The normalized spacial score (nSPS) is 10.1. The molecule has 4 aromatic heterocycles. The zero-order valence-corrected chi connectivity index (χ0v) is 31.5. The van der Waals surface area contributed by atoms with Gasteiger partial charge in [0.2, 0.25) is 0 Å². The molecular weight excluding hydrogens is 820 g/mol. The van der Waals surface area contributed by atoms with E-state index in [1.165, 1.54) is 24.3 Å². The Labute approximate surface area is 339 Å². The molecule has 284 valence electrons. The fourth-order valence-electron chi connectivity index (χ4n) is 5.05. The number of fused-ring (bicyclic) bond motifs is 4. The van der Waals surface area contributed by atoms with Crippen LogP contribution in [0.1, 0.15) is 42.0 Å². The van der Waals surface area contributed by atoms with Gasteiger partial charge in [-0.05, 0) is 48.5 Å². The van der Waals surface area contributed by atoms with E-state index in [9.17, 15) is 39.6 Å². The molecule has 8 N–H and O–H groups in total. The van der Waals surface area contributed by atoms with Crippen LogP contribution in [0.4, 0.5) is 0 Å². The fourth-order valence-corrected chi connectivity index (χ4v) is 5.05. The van der Waals surface area contributed by atoms with Crippen molar-refractivity contribution >= 4 is 67.5 Å². The zero-order valence-electron chi connectivity index (χ0n) is 29.0. The summed E-state index contributed by atoms with van der Waals surface area (Å²) < 4.78 is 0. The number of carbonyl (C=O) groups is 4. The zero-order chi connectivity index (χ0) is 40.5. The van der Waals surface area contributed by atoms with Crippen molar-refractivity contribution in [3.63, 3.8) is 0 Å². The molecule has 0 saturated heterocycles. The van der Waals surface area contributed by atoms with Crippen molar-refractivity contribution in [2.24, 2.45) is 0 Å². The third-order valence-electron chi connectivity index (χ3n) is 7.63. The van der Waals surface area contributed by atoms with Crippen molar-refractivity contribution in [3.05, 3.63) is 144 Å². The van der Waals surface area contributed by atoms with Crippen LogP contribution in [0.2, 0.25) is 0 Å². The van der Waals surface area contributed by atoms with Crippen LogP contribution in [0.15, 0.2) is 121 Å². The van der Waals surface area contributed by atoms with E-state index in [2.05, 4.69) is 19.9 Å². The second kappa shape index (κ2) is 18.7. The molecule has 4 aromatic carbocycles.